The monoisotopic (exact) mass is 283 g/mol. The van der Waals surface area contributed by atoms with Gasteiger partial charge in [0.15, 0.2) is 0 Å². The minimum Gasteiger partial charge on any atom is -0.494 e. The summed E-state index contributed by atoms with van der Waals surface area (Å²) in [6.45, 7) is 2.06. The van der Waals surface area contributed by atoms with E-state index in [0.29, 0.717) is 0 Å². The molecule has 88 valence electrons. The first-order chi connectivity index (χ1) is 7.75. The smallest absolute Gasteiger partial charge is 0.119 e. The van der Waals surface area contributed by atoms with Crippen molar-refractivity contribution in [2.75, 3.05) is 20.2 Å². The molecule has 1 aliphatic rings. The lowest BCUT2D eigenvalue weighted by atomic mass is 10.1. The van der Waals surface area contributed by atoms with Gasteiger partial charge in [-0.05, 0) is 57.1 Å². The summed E-state index contributed by atoms with van der Waals surface area (Å²) in [6.07, 6.45) is 3.78. The summed E-state index contributed by atoms with van der Waals surface area (Å²) in [7, 11) is 2.21. The molecule has 0 N–H and O–H groups in total. The molecular formula is C13H18BrNO. The highest BCUT2D eigenvalue weighted by atomic mass is 79.9. The van der Waals surface area contributed by atoms with Crippen LogP contribution in [0.5, 0.6) is 5.75 Å². The Morgan fingerprint density at radius 2 is 2.12 bits per heavy atom. The summed E-state index contributed by atoms with van der Waals surface area (Å²) in [6, 6.07) is 8.74. The van der Waals surface area contributed by atoms with Crippen LogP contribution in [-0.2, 0) is 0 Å². The average Bonchev–Trinajstić information content (AvgIpc) is 2.68. The van der Waals surface area contributed by atoms with Crippen LogP contribution >= 0.6 is 15.9 Å². The number of hydrogen-bond donors (Lipinski definition) is 0. The quantitative estimate of drug-likeness (QED) is 0.841. The van der Waals surface area contributed by atoms with E-state index in [9.17, 15) is 0 Å². The van der Waals surface area contributed by atoms with Crippen molar-refractivity contribution in [3.05, 3.63) is 28.7 Å². The average molecular weight is 284 g/mol. The highest BCUT2D eigenvalue weighted by Gasteiger charge is 2.20. The fourth-order valence-electron chi connectivity index (χ4n) is 2.19. The molecule has 0 bridgehead atoms. The predicted molar refractivity (Wildman–Crippen MR) is 69.9 cm³/mol. The van der Waals surface area contributed by atoms with Crippen LogP contribution < -0.4 is 4.74 Å². The van der Waals surface area contributed by atoms with Gasteiger partial charge in [-0.2, -0.15) is 0 Å². The zero-order valence-electron chi connectivity index (χ0n) is 9.66. The van der Waals surface area contributed by atoms with Crippen LogP contribution in [0.15, 0.2) is 28.7 Å². The number of rotatable bonds is 4. The molecule has 1 heterocycles. The summed E-state index contributed by atoms with van der Waals surface area (Å²) in [5.74, 6) is 0.962. The molecule has 1 aromatic carbocycles. The normalized spacial score (nSPS) is 21.2. The number of halogens is 1. The number of likely N-dealkylation sites (tertiary alicyclic amines) is 1. The Bertz CT molecular complexity index is 325. The zero-order chi connectivity index (χ0) is 11.4. The Morgan fingerprint density at radius 3 is 2.75 bits per heavy atom. The van der Waals surface area contributed by atoms with Gasteiger partial charge in [-0.25, -0.2) is 0 Å². The largest absolute Gasteiger partial charge is 0.494 e. The predicted octanol–water partition coefficient (Wildman–Crippen LogP) is 3.31. The Morgan fingerprint density at radius 1 is 1.38 bits per heavy atom. The van der Waals surface area contributed by atoms with Gasteiger partial charge < -0.3 is 9.64 Å². The van der Waals surface area contributed by atoms with Gasteiger partial charge in [0.1, 0.15) is 5.75 Å². The van der Waals surface area contributed by atoms with Crippen LogP contribution in [0.3, 0.4) is 0 Å². The maximum atomic E-state index is 5.72. The second kappa shape index (κ2) is 5.69. The zero-order valence-corrected chi connectivity index (χ0v) is 11.2. The van der Waals surface area contributed by atoms with Crippen molar-refractivity contribution < 1.29 is 4.74 Å². The number of nitrogens with zero attached hydrogens (tertiary/aromatic N) is 1. The summed E-state index contributed by atoms with van der Waals surface area (Å²) in [5, 5.41) is 0. The number of hydrogen-bond acceptors (Lipinski definition) is 2. The van der Waals surface area contributed by atoms with Crippen LogP contribution in [0.25, 0.3) is 0 Å². The first kappa shape index (κ1) is 11.9. The molecule has 0 spiro atoms. The third kappa shape index (κ3) is 3.22. The third-order valence-electron chi connectivity index (χ3n) is 3.20. The molecule has 0 aliphatic carbocycles. The van der Waals surface area contributed by atoms with Crippen molar-refractivity contribution >= 4 is 15.9 Å². The molecule has 2 nitrogen and oxygen atoms in total. The second-order valence-electron chi connectivity index (χ2n) is 4.37. The van der Waals surface area contributed by atoms with E-state index >= 15 is 0 Å². The van der Waals surface area contributed by atoms with Gasteiger partial charge in [-0.1, -0.05) is 15.9 Å². The molecule has 1 aliphatic heterocycles. The van der Waals surface area contributed by atoms with Crippen molar-refractivity contribution in [3.8, 4) is 5.75 Å². The van der Waals surface area contributed by atoms with Crippen LogP contribution in [0.4, 0.5) is 0 Å². The van der Waals surface area contributed by atoms with E-state index in [2.05, 4.69) is 27.9 Å². The van der Waals surface area contributed by atoms with E-state index in [0.717, 1.165) is 29.3 Å². The van der Waals surface area contributed by atoms with Crippen LogP contribution in [-0.4, -0.2) is 31.1 Å². The molecule has 0 saturated carbocycles. The molecule has 2 rings (SSSR count). The summed E-state index contributed by atoms with van der Waals surface area (Å²) in [4.78, 5) is 2.44. The number of benzene rings is 1. The Hall–Kier alpha value is -0.540. The van der Waals surface area contributed by atoms with Crippen LogP contribution in [0, 0.1) is 0 Å². The van der Waals surface area contributed by atoms with Gasteiger partial charge in [0.2, 0.25) is 0 Å². The summed E-state index contributed by atoms with van der Waals surface area (Å²) < 4.78 is 6.82. The van der Waals surface area contributed by atoms with Gasteiger partial charge in [-0.15, -0.1) is 0 Å². The van der Waals surface area contributed by atoms with E-state index in [1.165, 1.54) is 19.4 Å². The Balaban J connectivity index is 1.73. The lowest BCUT2D eigenvalue weighted by Crippen LogP contribution is -2.26. The molecule has 0 aromatic heterocycles. The Kier molecular flexibility index (Phi) is 4.24. The third-order valence-corrected chi connectivity index (χ3v) is 3.73. The van der Waals surface area contributed by atoms with Crippen molar-refractivity contribution in [3.63, 3.8) is 0 Å². The summed E-state index contributed by atoms with van der Waals surface area (Å²) in [5.41, 5.74) is 0. The van der Waals surface area contributed by atoms with Gasteiger partial charge in [0, 0.05) is 10.5 Å². The lowest BCUT2D eigenvalue weighted by Gasteiger charge is -2.19. The van der Waals surface area contributed by atoms with Crippen molar-refractivity contribution in [1.29, 1.82) is 0 Å². The van der Waals surface area contributed by atoms with E-state index in [-0.39, 0.29) is 0 Å². The van der Waals surface area contributed by atoms with E-state index in [1.807, 2.05) is 24.3 Å². The molecule has 16 heavy (non-hydrogen) atoms. The first-order valence-corrected chi connectivity index (χ1v) is 6.63. The standard InChI is InChI=1S/C13H18BrNO/c1-15-9-2-3-12(15)8-10-16-13-6-4-11(14)5-7-13/h4-7,12H,2-3,8-10H2,1H3. The maximum Gasteiger partial charge on any atom is 0.119 e. The number of ether oxygens (including phenoxy) is 1. The van der Waals surface area contributed by atoms with Gasteiger partial charge in [-0.3, -0.25) is 0 Å². The van der Waals surface area contributed by atoms with Crippen LogP contribution in [0.2, 0.25) is 0 Å². The second-order valence-corrected chi connectivity index (χ2v) is 5.28. The van der Waals surface area contributed by atoms with Crippen molar-refractivity contribution in [2.45, 2.75) is 25.3 Å². The fourth-order valence-corrected chi connectivity index (χ4v) is 2.45. The molecule has 0 amide bonds. The van der Waals surface area contributed by atoms with Crippen molar-refractivity contribution in [2.24, 2.45) is 0 Å². The highest BCUT2D eigenvalue weighted by Crippen LogP contribution is 2.19. The SMILES string of the molecule is CN1CCCC1CCOc1ccc(Br)cc1. The maximum absolute atomic E-state index is 5.72. The topological polar surface area (TPSA) is 12.5 Å². The van der Waals surface area contributed by atoms with Gasteiger partial charge >= 0.3 is 0 Å². The molecule has 1 saturated heterocycles. The van der Waals surface area contributed by atoms with Crippen molar-refractivity contribution in [1.82, 2.24) is 4.90 Å². The van der Waals surface area contributed by atoms with Gasteiger partial charge in [0.25, 0.3) is 0 Å². The van der Waals surface area contributed by atoms with E-state index < -0.39 is 0 Å². The van der Waals surface area contributed by atoms with E-state index in [1.54, 1.807) is 0 Å². The minimum atomic E-state index is 0.718. The molecule has 3 heteroatoms. The molecule has 1 unspecified atom stereocenters. The Labute approximate surface area is 106 Å². The fraction of sp³-hybridized carbons (Fsp3) is 0.538. The first-order valence-electron chi connectivity index (χ1n) is 5.84. The molecule has 0 radical (unpaired) electrons. The van der Waals surface area contributed by atoms with Gasteiger partial charge in [0.05, 0.1) is 6.61 Å². The summed E-state index contributed by atoms with van der Waals surface area (Å²) >= 11 is 3.41. The molecule has 1 fully saturated rings. The molecular weight excluding hydrogens is 266 g/mol. The van der Waals surface area contributed by atoms with E-state index in [4.69, 9.17) is 4.74 Å². The lowest BCUT2D eigenvalue weighted by molar-refractivity contribution is 0.233. The van der Waals surface area contributed by atoms with Crippen LogP contribution in [0.1, 0.15) is 19.3 Å². The molecule has 1 aromatic rings. The molecule has 1 atom stereocenters. The highest BCUT2D eigenvalue weighted by molar-refractivity contribution is 9.10. The minimum absolute atomic E-state index is 0.718.